The summed E-state index contributed by atoms with van der Waals surface area (Å²) in [5.41, 5.74) is 15.7. The van der Waals surface area contributed by atoms with Crippen LogP contribution in [0.15, 0.2) is 90.0 Å². The summed E-state index contributed by atoms with van der Waals surface area (Å²) in [4.78, 5) is 12.1. The Kier molecular flexibility index (Phi) is 12.7. The lowest BCUT2D eigenvalue weighted by atomic mass is 9.95. The zero-order valence-electron chi connectivity index (χ0n) is 21.1. The molecule has 7 N–H and O–H groups in total. The molecule has 1 amide bonds. The normalized spacial score (nSPS) is 16.6. The minimum atomic E-state index is -0.956. The molecule has 186 valence electrons. The lowest BCUT2D eigenvalue weighted by molar-refractivity contribution is -0.125. The second-order valence-electron chi connectivity index (χ2n) is 8.86. The van der Waals surface area contributed by atoms with Gasteiger partial charge in [-0.2, -0.15) is 0 Å². The first-order valence-corrected chi connectivity index (χ1v) is 11.8. The van der Waals surface area contributed by atoms with Crippen LogP contribution in [0.1, 0.15) is 58.4 Å². The smallest absolute Gasteiger partial charge is 0.243 e. The lowest BCUT2D eigenvalue weighted by Crippen LogP contribution is -2.50. The van der Waals surface area contributed by atoms with Gasteiger partial charge in [-0.15, -0.1) is 0 Å². The molecule has 0 spiro atoms. The SMILES string of the molecule is C=C/C(=C\C=C\NC(=O)C(C)(N)CCCC)C(O)NC1=C(N)CCC(C)=C1.Cc1ccccc1. The van der Waals surface area contributed by atoms with E-state index < -0.39 is 11.8 Å². The quantitative estimate of drug-likeness (QED) is 0.258. The van der Waals surface area contributed by atoms with Crippen molar-refractivity contribution in [3.8, 4) is 0 Å². The van der Waals surface area contributed by atoms with Crippen molar-refractivity contribution < 1.29 is 9.90 Å². The van der Waals surface area contributed by atoms with E-state index in [1.165, 1.54) is 17.3 Å². The number of aliphatic hydroxyl groups excluding tert-OH is 1. The first-order chi connectivity index (χ1) is 16.1. The fourth-order valence-corrected chi connectivity index (χ4v) is 3.15. The maximum absolute atomic E-state index is 12.1. The molecule has 0 aromatic heterocycles. The molecule has 0 saturated heterocycles. The molecule has 1 aromatic rings. The van der Waals surface area contributed by atoms with Crippen LogP contribution in [0, 0.1) is 6.92 Å². The Morgan fingerprint density at radius 3 is 2.50 bits per heavy atom. The van der Waals surface area contributed by atoms with Gasteiger partial charge in [-0.1, -0.05) is 80.0 Å². The Bertz CT molecular complexity index is 912. The highest BCUT2D eigenvalue weighted by molar-refractivity contribution is 5.86. The number of nitrogens with two attached hydrogens (primary N) is 2. The molecule has 0 radical (unpaired) electrons. The van der Waals surface area contributed by atoms with Crippen LogP contribution in [0.2, 0.25) is 0 Å². The number of nitrogens with one attached hydrogen (secondary N) is 2. The molecule has 34 heavy (non-hydrogen) atoms. The number of allylic oxidation sites excluding steroid dienone is 5. The third kappa shape index (κ3) is 10.7. The molecule has 2 rings (SSSR count). The predicted octanol–water partition coefficient (Wildman–Crippen LogP) is 4.45. The van der Waals surface area contributed by atoms with Crippen LogP contribution in [0.5, 0.6) is 0 Å². The minimum Gasteiger partial charge on any atom is -0.400 e. The number of benzene rings is 1. The summed E-state index contributed by atoms with van der Waals surface area (Å²) >= 11 is 0. The van der Waals surface area contributed by atoms with Gasteiger partial charge in [0.25, 0.3) is 0 Å². The molecule has 6 heteroatoms. The number of amides is 1. The summed E-state index contributed by atoms with van der Waals surface area (Å²) in [6.07, 6.45) is 11.6. The Hall–Kier alpha value is -3.09. The number of unbranched alkanes of at least 4 members (excludes halogenated alkanes) is 1. The molecular formula is C28H42N4O2. The number of aryl methyl sites for hydroxylation is 1. The largest absolute Gasteiger partial charge is 0.400 e. The molecule has 1 aromatic carbocycles. The van der Waals surface area contributed by atoms with Crippen LogP contribution < -0.4 is 22.1 Å². The summed E-state index contributed by atoms with van der Waals surface area (Å²) < 4.78 is 0. The summed E-state index contributed by atoms with van der Waals surface area (Å²) in [5, 5.41) is 16.1. The van der Waals surface area contributed by atoms with E-state index in [0.29, 0.717) is 12.0 Å². The zero-order chi connectivity index (χ0) is 25.6. The standard InChI is InChI=1S/C21H34N4O2.C7H8/c1-5-7-12-21(4,23)20(27)24-13-8-9-16(6-2)19(26)25-18-14-15(3)10-11-17(18)22;1-7-5-3-2-4-6-7/h6,8-9,13-14,19,25-26H,2,5,7,10-12,22-23H2,1,3-4H3,(H,24,27);2-6H,1H3/b13-8+,16-9+;. The van der Waals surface area contributed by atoms with Crippen molar-refractivity contribution >= 4 is 5.91 Å². The summed E-state index contributed by atoms with van der Waals surface area (Å²) in [5.74, 6) is -0.236. The maximum atomic E-state index is 12.1. The molecule has 0 saturated carbocycles. The average Bonchev–Trinajstić information content (AvgIpc) is 2.80. The lowest BCUT2D eigenvalue weighted by Gasteiger charge is -2.22. The van der Waals surface area contributed by atoms with Crippen molar-refractivity contribution in [2.45, 2.75) is 71.6 Å². The van der Waals surface area contributed by atoms with Gasteiger partial charge in [-0.25, -0.2) is 0 Å². The Morgan fingerprint density at radius 1 is 1.26 bits per heavy atom. The molecule has 2 unspecified atom stereocenters. The van der Waals surface area contributed by atoms with E-state index in [1.807, 2.05) is 31.2 Å². The number of hydrogen-bond donors (Lipinski definition) is 5. The van der Waals surface area contributed by atoms with Gasteiger partial charge in [0.1, 0.15) is 0 Å². The van der Waals surface area contributed by atoms with E-state index in [1.54, 1.807) is 25.2 Å². The second kappa shape index (κ2) is 14.9. The molecule has 1 aliphatic rings. The van der Waals surface area contributed by atoms with Crippen LogP contribution >= 0.6 is 0 Å². The third-order valence-corrected chi connectivity index (χ3v) is 5.48. The number of aliphatic hydroxyl groups is 1. The third-order valence-electron chi connectivity index (χ3n) is 5.48. The van der Waals surface area contributed by atoms with Crippen molar-refractivity contribution in [3.05, 3.63) is 95.5 Å². The summed E-state index contributed by atoms with van der Waals surface area (Å²) in [6, 6.07) is 10.3. The van der Waals surface area contributed by atoms with Gasteiger partial charge >= 0.3 is 0 Å². The fraction of sp³-hybridized carbons (Fsp3) is 0.393. The number of carbonyl (C=O) groups excluding carboxylic acids is 1. The van der Waals surface area contributed by atoms with Crippen LogP contribution in [0.25, 0.3) is 0 Å². The molecule has 0 aliphatic heterocycles. The number of rotatable bonds is 10. The number of carbonyl (C=O) groups is 1. The molecule has 1 aliphatic carbocycles. The first kappa shape index (κ1) is 28.9. The molecule has 2 atom stereocenters. The van der Waals surface area contributed by atoms with Crippen LogP contribution in [0.3, 0.4) is 0 Å². The number of hydrogen-bond acceptors (Lipinski definition) is 5. The van der Waals surface area contributed by atoms with E-state index >= 15 is 0 Å². The van der Waals surface area contributed by atoms with Crippen LogP contribution in [-0.4, -0.2) is 22.8 Å². The average molecular weight is 467 g/mol. The van der Waals surface area contributed by atoms with E-state index in [0.717, 1.165) is 37.1 Å². The summed E-state index contributed by atoms with van der Waals surface area (Å²) in [7, 11) is 0. The topological polar surface area (TPSA) is 113 Å². The zero-order valence-corrected chi connectivity index (χ0v) is 21.1. The van der Waals surface area contributed by atoms with Gasteiger partial charge in [-0.05, 0) is 52.2 Å². The predicted molar refractivity (Wildman–Crippen MR) is 142 cm³/mol. The molecule has 0 heterocycles. The maximum Gasteiger partial charge on any atom is 0.243 e. The molecule has 0 fully saturated rings. The molecule has 6 nitrogen and oxygen atoms in total. The fourth-order valence-electron chi connectivity index (χ4n) is 3.15. The van der Waals surface area contributed by atoms with Crippen molar-refractivity contribution in [2.75, 3.05) is 0 Å². The minimum absolute atomic E-state index is 0.236. The van der Waals surface area contributed by atoms with E-state index in [2.05, 4.69) is 43.2 Å². The van der Waals surface area contributed by atoms with E-state index in [-0.39, 0.29) is 5.91 Å². The van der Waals surface area contributed by atoms with E-state index in [4.69, 9.17) is 11.5 Å². The van der Waals surface area contributed by atoms with Crippen molar-refractivity contribution in [2.24, 2.45) is 11.5 Å². The Morgan fingerprint density at radius 2 is 1.94 bits per heavy atom. The highest BCUT2D eigenvalue weighted by Crippen LogP contribution is 2.19. The Labute approximate surface area is 205 Å². The highest BCUT2D eigenvalue weighted by atomic mass is 16.3. The van der Waals surface area contributed by atoms with Gasteiger partial charge in [0.15, 0.2) is 6.23 Å². The van der Waals surface area contributed by atoms with Crippen molar-refractivity contribution in [3.63, 3.8) is 0 Å². The second-order valence-corrected chi connectivity index (χ2v) is 8.86. The van der Waals surface area contributed by atoms with Gasteiger partial charge in [0.2, 0.25) is 5.91 Å². The Balaban J connectivity index is 0.000000700. The first-order valence-electron chi connectivity index (χ1n) is 11.8. The van der Waals surface area contributed by atoms with Gasteiger partial charge in [0, 0.05) is 17.5 Å². The van der Waals surface area contributed by atoms with Gasteiger partial charge < -0.3 is 27.2 Å². The van der Waals surface area contributed by atoms with Gasteiger partial charge in [-0.3, -0.25) is 4.79 Å². The highest BCUT2D eigenvalue weighted by Gasteiger charge is 2.26. The van der Waals surface area contributed by atoms with Crippen LogP contribution in [-0.2, 0) is 4.79 Å². The molecule has 0 bridgehead atoms. The van der Waals surface area contributed by atoms with Crippen LogP contribution in [0.4, 0.5) is 0 Å². The molecular weight excluding hydrogens is 424 g/mol. The van der Waals surface area contributed by atoms with Crippen molar-refractivity contribution in [1.82, 2.24) is 10.6 Å². The van der Waals surface area contributed by atoms with Crippen molar-refractivity contribution in [1.29, 1.82) is 0 Å². The monoisotopic (exact) mass is 466 g/mol. The summed E-state index contributed by atoms with van der Waals surface area (Å²) in [6.45, 7) is 11.6. The van der Waals surface area contributed by atoms with Gasteiger partial charge in [0.05, 0.1) is 11.2 Å². The van der Waals surface area contributed by atoms with E-state index in [9.17, 15) is 9.90 Å².